The fourth-order valence-electron chi connectivity index (χ4n) is 3.43. The molecule has 2 aromatic rings. The number of rotatable bonds is 8. The van der Waals surface area contributed by atoms with Crippen LogP contribution in [0.2, 0.25) is 0 Å². The van der Waals surface area contributed by atoms with E-state index in [0.717, 1.165) is 16.8 Å². The van der Waals surface area contributed by atoms with E-state index in [2.05, 4.69) is 27.8 Å². The number of nitrogens with zero attached hydrogens (tertiary/aromatic N) is 1. The number of alkyl carbamates (subject to hydrolysis) is 1. The number of ether oxygens (including phenoxy) is 2. The molecule has 0 saturated carbocycles. The van der Waals surface area contributed by atoms with E-state index in [-0.39, 0.29) is 31.1 Å². The van der Waals surface area contributed by atoms with Crippen molar-refractivity contribution in [3.05, 3.63) is 59.2 Å². The van der Waals surface area contributed by atoms with Crippen molar-refractivity contribution in [3.63, 3.8) is 0 Å². The van der Waals surface area contributed by atoms with Crippen molar-refractivity contribution in [1.29, 1.82) is 5.41 Å². The second-order valence-corrected chi connectivity index (χ2v) is 10.2. The van der Waals surface area contributed by atoms with Gasteiger partial charge in [0.25, 0.3) is 0 Å². The number of aryl methyl sites for hydroxylation is 1. The minimum Gasteiger partial charge on any atom is -0.465 e. The second-order valence-electron chi connectivity index (χ2n) is 10.2. The predicted molar refractivity (Wildman–Crippen MR) is 157 cm³/mol. The Hall–Kier alpha value is -4.52. The molecule has 0 radical (unpaired) electrons. The highest BCUT2D eigenvalue weighted by Gasteiger charge is 2.21. The van der Waals surface area contributed by atoms with Gasteiger partial charge in [-0.15, -0.1) is 0 Å². The third-order valence-corrected chi connectivity index (χ3v) is 5.37. The molecular formula is C30H39N5O5. The molecule has 0 saturated heterocycles. The van der Waals surface area contributed by atoms with E-state index in [4.69, 9.17) is 14.9 Å². The van der Waals surface area contributed by atoms with Crippen molar-refractivity contribution < 1.29 is 23.9 Å². The summed E-state index contributed by atoms with van der Waals surface area (Å²) < 4.78 is 10.1. The summed E-state index contributed by atoms with van der Waals surface area (Å²) in [4.78, 5) is 37.9. The summed E-state index contributed by atoms with van der Waals surface area (Å²) >= 11 is 0. The molecular weight excluding hydrogens is 510 g/mol. The van der Waals surface area contributed by atoms with E-state index < -0.39 is 17.7 Å². The van der Waals surface area contributed by atoms with Gasteiger partial charge >= 0.3 is 18.1 Å². The summed E-state index contributed by atoms with van der Waals surface area (Å²) in [7, 11) is 0. The second kappa shape index (κ2) is 14.6. The fraction of sp³-hybridized carbons (Fsp3) is 0.400. The molecule has 4 N–H and O–H groups in total. The van der Waals surface area contributed by atoms with Crippen LogP contribution in [0.5, 0.6) is 0 Å². The lowest BCUT2D eigenvalue weighted by Crippen LogP contribution is -2.43. The van der Waals surface area contributed by atoms with Gasteiger partial charge in [0.1, 0.15) is 18.0 Å². The summed E-state index contributed by atoms with van der Waals surface area (Å²) in [5.41, 5.74) is 2.98. The highest BCUT2D eigenvalue weighted by Crippen LogP contribution is 2.17. The van der Waals surface area contributed by atoms with Gasteiger partial charge in [-0.05, 0) is 96.5 Å². The van der Waals surface area contributed by atoms with Crippen LogP contribution in [0.15, 0.2) is 42.5 Å². The van der Waals surface area contributed by atoms with E-state index in [0.29, 0.717) is 17.8 Å². The topological polar surface area (TPSA) is 133 Å². The van der Waals surface area contributed by atoms with Crippen molar-refractivity contribution in [1.82, 2.24) is 10.2 Å². The van der Waals surface area contributed by atoms with E-state index in [1.54, 1.807) is 58.0 Å². The minimum absolute atomic E-state index is 0.0495. The average molecular weight is 550 g/mol. The van der Waals surface area contributed by atoms with Crippen molar-refractivity contribution in [2.24, 2.45) is 0 Å². The third-order valence-electron chi connectivity index (χ3n) is 5.37. The quantitative estimate of drug-likeness (QED) is 0.156. The first-order chi connectivity index (χ1) is 18.8. The monoisotopic (exact) mass is 549 g/mol. The van der Waals surface area contributed by atoms with Gasteiger partial charge in [0, 0.05) is 28.5 Å². The molecule has 0 atom stereocenters. The first-order valence-corrected chi connectivity index (χ1v) is 13.0. The standard InChI is InChI=1S/C30H39N5O5/c1-8-39-26(36)19-35(20(2)3)28(37)33-25-16-11-22(18-21(25)4)10-9-17-32-24-14-12-23(13-15-24)27(31)34-29(38)40-30(5,6)7/h11-16,18,20,32H,8,17,19H2,1-7H3,(H,33,37)(H2,31,34,38). The maximum absolute atomic E-state index is 12.8. The van der Waals surface area contributed by atoms with Crippen molar-refractivity contribution >= 4 is 35.3 Å². The van der Waals surface area contributed by atoms with Gasteiger partial charge in [-0.1, -0.05) is 11.8 Å². The van der Waals surface area contributed by atoms with Gasteiger partial charge in [0.05, 0.1) is 13.2 Å². The zero-order valence-electron chi connectivity index (χ0n) is 24.2. The Morgan fingerprint density at radius 1 is 1.07 bits per heavy atom. The molecule has 0 bridgehead atoms. The van der Waals surface area contributed by atoms with Crippen LogP contribution in [0, 0.1) is 24.2 Å². The van der Waals surface area contributed by atoms with Crippen molar-refractivity contribution in [2.75, 3.05) is 30.3 Å². The molecule has 3 amide bonds. The molecule has 0 aromatic heterocycles. The molecule has 2 aromatic carbocycles. The van der Waals surface area contributed by atoms with Gasteiger partial charge in [-0.2, -0.15) is 0 Å². The molecule has 0 spiro atoms. The molecule has 0 fully saturated rings. The van der Waals surface area contributed by atoms with Gasteiger partial charge in [-0.25, -0.2) is 9.59 Å². The molecule has 0 aliphatic heterocycles. The Balaban J connectivity index is 1.91. The largest absolute Gasteiger partial charge is 0.465 e. The minimum atomic E-state index is -0.674. The van der Waals surface area contributed by atoms with E-state index in [1.165, 1.54) is 4.90 Å². The van der Waals surface area contributed by atoms with Gasteiger partial charge in [0.15, 0.2) is 0 Å². The first-order valence-electron chi connectivity index (χ1n) is 13.0. The molecule has 0 heterocycles. The summed E-state index contributed by atoms with van der Waals surface area (Å²) in [6.45, 7) is 13.1. The summed E-state index contributed by atoms with van der Waals surface area (Å²) in [6, 6.07) is 12.0. The highest BCUT2D eigenvalue weighted by atomic mass is 16.6. The number of amides is 3. The summed E-state index contributed by atoms with van der Waals surface area (Å²) in [5, 5.41) is 16.5. The van der Waals surface area contributed by atoms with Gasteiger partial charge in [0.2, 0.25) is 0 Å². The summed E-state index contributed by atoms with van der Waals surface area (Å²) in [5.74, 6) is 5.66. The number of nitrogens with one attached hydrogen (secondary N) is 4. The fourth-order valence-corrected chi connectivity index (χ4v) is 3.43. The number of esters is 1. The van der Waals surface area contributed by atoms with Crippen LogP contribution in [0.4, 0.5) is 21.0 Å². The molecule has 40 heavy (non-hydrogen) atoms. The number of benzene rings is 2. The van der Waals surface area contributed by atoms with E-state index in [9.17, 15) is 14.4 Å². The summed E-state index contributed by atoms with van der Waals surface area (Å²) in [6.07, 6.45) is -0.674. The zero-order valence-corrected chi connectivity index (χ0v) is 24.2. The SMILES string of the molecule is CCOC(=O)CN(C(=O)Nc1ccc(C#CCNc2ccc(C(=N)NC(=O)OC(C)(C)C)cc2)cc1C)C(C)C. The number of hydrogen-bond acceptors (Lipinski definition) is 7. The molecule has 0 aliphatic rings. The Morgan fingerprint density at radius 2 is 1.75 bits per heavy atom. The highest BCUT2D eigenvalue weighted by molar-refractivity contribution is 6.04. The van der Waals surface area contributed by atoms with Crippen LogP contribution in [0.1, 0.15) is 58.2 Å². The molecule has 10 heteroatoms. The van der Waals surface area contributed by atoms with Crippen LogP contribution in [0.3, 0.4) is 0 Å². The number of urea groups is 1. The molecule has 10 nitrogen and oxygen atoms in total. The normalized spacial score (nSPS) is 10.6. The van der Waals surface area contributed by atoms with E-state index in [1.807, 2.05) is 32.9 Å². The lowest BCUT2D eigenvalue weighted by Gasteiger charge is -2.26. The zero-order chi connectivity index (χ0) is 29.9. The smallest absolute Gasteiger partial charge is 0.413 e. The van der Waals surface area contributed by atoms with Crippen LogP contribution in [-0.2, 0) is 14.3 Å². The Labute approximate surface area is 236 Å². The number of carbonyl (C=O) groups is 3. The van der Waals surface area contributed by atoms with Gasteiger partial charge in [-0.3, -0.25) is 15.5 Å². The maximum Gasteiger partial charge on any atom is 0.413 e. The Morgan fingerprint density at radius 3 is 2.33 bits per heavy atom. The first kappa shape index (κ1) is 31.7. The van der Waals surface area contributed by atoms with Crippen molar-refractivity contribution in [3.8, 4) is 11.8 Å². The lowest BCUT2D eigenvalue weighted by atomic mass is 10.1. The third kappa shape index (κ3) is 10.7. The lowest BCUT2D eigenvalue weighted by molar-refractivity contribution is -0.144. The Bertz CT molecular complexity index is 1270. The number of hydrogen-bond donors (Lipinski definition) is 4. The Kier molecular flexibility index (Phi) is 11.6. The van der Waals surface area contributed by atoms with Crippen LogP contribution < -0.4 is 16.0 Å². The predicted octanol–water partition coefficient (Wildman–Crippen LogP) is 5.11. The molecule has 2 rings (SSSR count). The van der Waals surface area contributed by atoms with Crippen LogP contribution >= 0.6 is 0 Å². The molecule has 0 unspecified atom stereocenters. The van der Waals surface area contributed by atoms with Crippen molar-refractivity contribution in [2.45, 2.75) is 60.1 Å². The average Bonchev–Trinajstić information content (AvgIpc) is 2.85. The van der Waals surface area contributed by atoms with Crippen LogP contribution in [0.25, 0.3) is 0 Å². The van der Waals surface area contributed by atoms with Crippen LogP contribution in [-0.4, -0.2) is 60.2 Å². The molecule has 214 valence electrons. The number of amidine groups is 1. The molecule has 0 aliphatic carbocycles. The van der Waals surface area contributed by atoms with Gasteiger partial charge < -0.3 is 25.0 Å². The maximum atomic E-state index is 12.8. The number of carbonyl (C=O) groups excluding carboxylic acids is 3. The van der Waals surface area contributed by atoms with E-state index >= 15 is 0 Å². The number of anilines is 2.